The molecule has 92 valence electrons. The third kappa shape index (κ3) is 4.45. The first-order chi connectivity index (χ1) is 7.99. The average molecular weight is 239 g/mol. The molecule has 1 aromatic rings. The predicted octanol–water partition coefficient (Wildman–Crippen LogP) is 1.68. The SMILES string of the molecule is CC(C)CC(=O)N/N=C\c1ccc([N+](=O)[O-])o1. The van der Waals surface area contributed by atoms with E-state index >= 15 is 0 Å². The van der Waals surface area contributed by atoms with E-state index in [1.165, 1.54) is 18.3 Å². The minimum absolute atomic E-state index is 0.210. The largest absolute Gasteiger partial charge is 0.433 e. The van der Waals surface area contributed by atoms with Gasteiger partial charge in [0, 0.05) is 6.42 Å². The van der Waals surface area contributed by atoms with Gasteiger partial charge in [0.2, 0.25) is 5.91 Å². The number of hydrogen-bond acceptors (Lipinski definition) is 5. The topological polar surface area (TPSA) is 97.7 Å². The Morgan fingerprint density at radius 3 is 2.88 bits per heavy atom. The van der Waals surface area contributed by atoms with Crippen LogP contribution >= 0.6 is 0 Å². The molecular formula is C10H13N3O4. The van der Waals surface area contributed by atoms with E-state index in [4.69, 9.17) is 4.42 Å². The maximum Gasteiger partial charge on any atom is 0.433 e. The van der Waals surface area contributed by atoms with Gasteiger partial charge in [-0.2, -0.15) is 5.10 Å². The molecule has 0 unspecified atom stereocenters. The summed E-state index contributed by atoms with van der Waals surface area (Å²) in [4.78, 5) is 20.9. The van der Waals surface area contributed by atoms with Crippen molar-refractivity contribution in [2.45, 2.75) is 20.3 Å². The minimum atomic E-state index is -0.644. The van der Waals surface area contributed by atoms with E-state index in [9.17, 15) is 14.9 Å². The molecule has 17 heavy (non-hydrogen) atoms. The van der Waals surface area contributed by atoms with Crippen molar-refractivity contribution in [3.63, 3.8) is 0 Å². The Kier molecular flexibility index (Phi) is 4.38. The monoisotopic (exact) mass is 239 g/mol. The Balaban J connectivity index is 2.48. The quantitative estimate of drug-likeness (QED) is 0.480. The van der Waals surface area contributed by atoms with Crippen LogP contribution in [0.4, 0.5) is 5.88 Å². The molecule has 0 aliphatic carbocycles. The first-order valence-electron chi connectivity index (χ1n) is 5.05. The predicted molar refractivity (Wildman–Crippen MR) is 60.6 cm³/mol. The molecule has 0 bridgehead atoms. The van der Waals surface area contributed by atoms with Crippen LogP contribution in [-0.4, -0.2) is 17.0 Å². The molecule has 7 nitrogen and oxygen atoms in total. The maximum atomic E-state index is 11.2. The molecule has 0 aliphatic heterocycles. The van der Waals surface area contributed by atoms with E-state index in [1.807, 2.05) is 13.8 Å². The van der Waals surface area contributed by atoms with Crippen molar-refractivity contribution < 1.29 is 14.1 Å². The average Bonchev–Trinajstić information content (AvgIpc) is 2.65. The highest BCUT2D eigenvalue weighted by Gasteiger charge is 2.10. The lowest BCUT2D eigenvalue weighted by Gasteiger charge is -2.01. The number of nitrogens with one attached hydrogen (secondary N) is 1. The van der Waals surface area contributed by atoms with Gasteiger partial charge in [-0.3, -0.25) is 14.9 Å². The van der Waals surface area contributed by atoms with Gasteiger partial charge in [0.15, 0.2) is 5.76 Å². The highest BCUT2D eigenvalue weighted by Crippen LogP contribution is 2.13. The van der Waals surface area contributed by atoms with Gasteiger partial charge in [0.25, 0.3) is 0 Å². The fourth-order valence-corrected chi connectivity index (χ4v) is 1.09. The van der Waals surface area contributed by atoms with Crippen LogP contribution in [0.15, 0.2) is 21.7 Å². The summed E-state index contributed by atoms with van der Waals surface area (Å²) < 4.78 is 4.81. The van der Waals surface area contributed by atoms with Gasteiger partial charge >= 0.3 is 5.88 Å². The van der Waals surface area contributed by atoms with Crippen molar-refractivity contribution in [1.82, 2.24) is 5.43 Å². The first-order valence-corrected chi connectivity index (χ1v) is 5.05. The summed E-state index contributed by atoms with van der Waals surface area (Å²) in [6.45, 7) is 3.83. The van der Waals surface area contributed by atoms with Crippen LogP contribution < -0.4 is 5.43 Å². The summed E-state index contributed by atoms with van der Waals surface area (Å²) in [6.07, 6.45) is 1.58. The zero-order valence-electron chi connectivity index (χ0n) is 9.54. The Bertz CT molecular complexity index is 437. The fourth-order valence-electron chi connectivity index (χ4n) is 1.09. The number of nitrogens with zero attached hydrogens (tertiary/aromatic N) is 2. The van der Waals surface area contributed by atoms with E-state index in [2.05, 4.69) is 10.5 Å². The van der Waals surface area contributed by atoms with Crippen LogP contribution in [0.25, 0.3) is 0 Å². The van der Waals surface area contributed by atoms with E-state index in [-0.39, 0.29) is 23.5 Å². The number of rotatable bonds is 5. The molecule has 1 N–H and O–H groups in total. The number of furan rings is 1. The van der Waals surface area contributed by atoms with Crippen LogP contribution in [0.5, 0.6) is 0 Å². The van der Waals surface area contributed by atoms with Crippen molar-refractivity contribution in [1.29, 1.82) is 0 Å². The molecule has 0 atom stereocenters. The van der Waals surface area contributed by atoms with E-state index in [0.29, 0.717) is 6.42 Å². The molecule has 0 saturated carbocycles. The molecule has 0 aromatic carbocycles. The van der Waals surface area contributed by atoms with Crippen molar-refractivity contribution in [3.05, 3.63) is 28.0 Å². The second kappa shape index (κ2) is 5.78. The highest BCUT2D eigenvalue weighted by molar-refractivity contribution is 5.80. The molecule has 1 amide bonds. The second-order valence-electron chi connectivity index (χ2n) is 3.82. The molecule has 0 spiro atoms. The molecule has 0 saturated heterocycles. The van der Waals surface area contributed by atoms with Gasteiger partial charge in [-0.15, -0.1) is 0 Å². The summed E-state index contributed by atoms with van der Waals surface area (Å²) in [6, 6.07) is 2.62. The smallest absolute Gasteiger partial charge is 0.400 e. The zero-order chi connectivity index (χ0) is 12.8. The lowest BCUT2D eigenvalue weighted by molar-refractivity contribution is -0.402. The normalized spacial score (nSPS) is 11.0. The molecule has 0 fully saturated rings. The number of carbonyl (C=O) groups excluding carboxylic acids is 1. The van der Waals surface area contributed by atoms with Gasteiger partial charge in [0.05, 0.1) is 12.3 Å². The van der Waals surface area contributed by atoms with Crippen molar-refractivity contribution >= 4 is 18.0 Å². The second-order valence-corrected chi connectivity index (χ2v) is 3.82. The number of carbonyl (C=O) groups is 1. The summed E-state index contributed by atoms with van der Waals surface area (Å²) in [7, 11) is 0. The Morgan fingerprint density at radius 1 is 1.65 bits per heavy atom. The van der Waals surface area contributed by atoms with E-state index < -0.39 is 4.92 Å². The molecule has 1 aromatic heterocycles. The standard InChI is InChI=1S/C10H13N3O4/c1-7(2)5-9(14)12-11-6-8-3-4-10(17-8)13(15)16/h3-4,6-7H,5H2,1-2H3,(H,12,14)/b11-6-. The third-order valence-corrected chi connectivity index (χ3v) is 1.77. The summed E-state index contributed by atoms with van der Waals surface area (Å²) >= 11 is 0. The number of nitro groups is 1. The third-order valence-electron chi connectivity index (χ3n) is 1.77. The number of amides is 1. The van der Waals surface area contributed by atoms with Crippen LogP contribution in [0, 0.1) is 16.0 Å². The Labute approximate surface area is 97.6 Å². The number of hydrogen-bond donors (Lipinski definition) is 1. The highest BCUT2D eigenvalue weighted by atomic mass is 16.6. The van der Waals surface area contributed by atoms with Gasteiger partial charge < -0.3 is 4.42 Å². The Hall–Kier alpha value is -2.18. The van der Waals surface area contributed by atoms with Crippen molar-refractivity contribution in [2.24, 2.45) is 11.0 Å². The molecule has 1 heterocycles. The maximum absolute atomic E-state index is 11.2. The molecule has 1 rings (SSSR count). The first kappa shape index (κ1) is 12.9. The van der Waals surface area contributed by atoms with Gasteiger partial charge in [-0.05, 0) is 12.0 Å². The summed E-state index contributed by atoms with van der Waals surface area (Å²) in [5.74, 6) is -0.117. The van der Waals surface area contributed by atoms with Crippen molar-refractivity contribution in [3.8, 4) is 0 Å². The molecule has 0 radical (unpaired) electrons. The molecule has 0 aliphatic rings. The van der Waals surface area contributed by atoms with Gasteiger partial charge in [-0.25, -0.2) is 5.43 Å². The lowest BCUT2D eigenvalue weighted by atomic mass is 10.1. The fraction of sp³-hybridized carbons (Fsp3) is 0.400. The van der Waals surface area contributed by atoms with Gasteiger partial charge in [-0.1, -0.05) is 13.8 Å². The van der Waals surface area contributed by atoms with Crippen LogP contribution in [0.2, 0.25) is 0 Å². The summed E-state index contributed by atoms with van der Waals surface area (Å²) in [5.41, 5.74) is 2.30. The Morgan fingerprint density at radius 2 is 2.35 bits per heavy atom. The van der Waals surface area contributed by atoms with Crippen LogP contribution in [-0.2, 0) is 4.79 Å². The molecule has 7 heteroatoms. The number of hydrazone groups is 1. The van der Waals surface area contributed by atoms with Crippen LogP contribution in [0.1, 0.15) is 26.0 Å². The molecular weight excluding hydrogens is 226 g/mol. The van der Waals surface area contributed by atoms with Crippen molar-refractivity contribution in [2.75, 3.05) is 0 Å². The van der Waals surface area contributed by atoms with E-state index in [1.54, 1.807) is 0 Å². The summed E-state index contributed by atoms with van der Waals surface area (Å²) in [5, 5.41) is 13.9. The van der Waals surface area contributed by atoms with Gasteiger partial charge in [0.1, 0.15) is 4.92 Å². The zero-order valence-corrected chi connectivity index (χ0v) is 9.54. The minimum Gasteiger partial charge on any atom is -0.400 e. The van der Waals surface area contributed by atoms with Crippen LogP contribution in [0.3, 0.4) is 0 Å². The van der Waals surface area contributed by atoms with E-state index in [0.717, 1.165) is 0 Å². The lowest BCUT2D eigenvalue weighted by Crippen LogP contribution is -2.18.